The molecule has 1 aromatic heterocycles. The minimum Gasteiger partial charge on any atom is -0.508 e. The molecule has 2 aromatic carbocycles. The van der Waals surface area contributed by atoms with Crippen molar-refractivity contribution in [2.75, 3.05) is 46.9 Å². The monoisotopic (exact) mass is 935 g/mol. The minimum absolute atomic E-state index is 0.00151. The Hall–Kier alpha value is -5.58. The molecule has 0 spiro atoms. The van der Waals surface area contributed by atoms with Crippen molar-refractivity contribution in [1.82, 2.24) is 35.4 Å². The van der Waals surface area contributed by atoms with Crippen molar-refractivity contribution in [2.24, 2.45) is 22.2 Å². The maximum Gasteiger partial charge on any atom is 0.324 e. The minimum atomic E-state index is -1.15. The number of aromatic hydroxyl groups is 1. The second kappa shape index (κ2) is 20.2. The normalized spacial score (nSPS) is 24.1. The Morgan fingerprint density at radius 1 is 1.06 bits per heavy atom. The van der Waals surface area contributed by atoms with E-state index in [0.29, 0.717) is 57.3 Å². The van der Waals surface area contributed by atoms with Crippen LogP contribution >= 0.6 is 0 Å². The van der Waals surface area contributed by atoms with Crippen molar-refractivity contribution in [3.8, 4) is 16.9 Å². The van der Waals surface area contributed by atoms with E-state index in [0.717, 1.165) is 57.4 Å². The number of ether oxygens (including phenoxy) is 2. The van der Waals surface area contributed by atoms with Gasteiger partial charge in [0.1, 0.15) is 23.9 Å². The fraction of sp³-hybridized carbons (Fsp3) is 0.577. The van der Waals surface area contributed by atoms with Gasteiger partial charge in [0.2, 0.25) is 17.7 Å². The highest BCUT2D eigenvalue weighted by atomic mass is 16.5. The highest BCUT2D eigenvalue weighted by molar-refractivity contribution is 5.96. The molecule has 16 nitrogen and oxygen atoms in total. The van der Waals surface area contributed by atoms with Crippen LogP contribution in [-0.4, -0.2) is 138 Å². The maximum atomic E-state index is 14.8. The molecule has 0 unspecified atom stereocenters. The first-order valence-electron chi connectivity index (χ1n) is 24.6. The number of amides is 4. The number of phenols is 1. The second-order valence-corrected chi connectivity index (χ2v) is 20.5. The van der Waals surface area contributed by atoms with Gasteiger partial charge in [0.05, 0.1) is 36.1 Å². The molecule has 4 amide bonds. The number of aromatic nitrogens is 1. The van der Waals surface area contributed by atoms with Gasteiger partial charge in [0.25, 0.3) is 5.91 Å². The van der Waals surface area contributed by atoms with Gasteiger partial charge in [-0.05, 0) is 111 Å². The van der Waals surface area contributed by atoms with Crippen LogP contribution in [0.2, 0.25) is 0 Å². The molecule has 6 bridgehead atoms. The third-order valence-electron chi connectivity index (χ3n) is 14.4. The summed E-state index contributed by atoms with van der Waals surface area (Å²) in [4.78, 5) is 78.6. The number of piperidine rings is 1. The van der Waals surface area contributed by atoms with Gasteiger partial charge in [0.15, 0.2) is 0 Å². The number of carbonyl (C=O) groups excluding carboxylic acids is 5. The van der Waals surface area contributed by atoms with Crippen molar-refractivity contribution >= 4 is 52.3 Å². The van der Waals surface area contributed by atoms with Gasteiger partial charge in [-0.15, -0.1) is 0 Å². The summed E-state index contributed by atoms with van der Waals surface area (Å²) in [7, 11) is 3.31. The van der Waals surface area contributed by atoms with Crippen molar-refractivity contribution in [3.05, 3.63) is 58.9 Å². The van der Waals surface area contributed by atoms with Gasteiger partial charge < -0.3 is 39.6 Å². The number of hydrogen-bond donors (Lipinski definition) is 4. The predicted molar refractivity (Wildman–Crippen MR) is 260 cm³/mol. The van der Waals surface area contributed by atoms with Crippen LogP contribution in [0.3, 0.4) is 0 Å². The lowest BCUT2D eigenvalue weighted by Crippen LogP contribution is -2.62. The lowest BCUT2D eigenvalue weighted by molar-refractivity contribution is -0.155. The highest BCUT2D eigenvalue weighted by Gasteiger charge is 2.41. The molecular weight excluding hydrogens is 865 g/mol. The molecule has 3 fully saturated rings. The standard InChI is InChI=1S/C52H70N8O8/c1-9-59-43-17-16-33-25-38(43)39(46(59)37-14-10-18-53-44(37)31(4)67-8)26-52(5,6)29-68-51(66)40-15-12-20-60(56-40)50(65)41(23-32-21-35(33)24-36(61)22-32)55-47(62)45(30(2)3)57(7)48(63)34-13-11-19-58(28-34)49(64)42-27-54-42/h16-18,21-22,24-25,30-31,34,40-42,45,54,56,61H,9-15,19-20,23,26-29H2,1-8H3,(H,55,62)/t31-,34+,40-,41-,42-,45-/m0/s1. The number of fused-ring (bicyclic) bond motifs is 6. The number of hydrogen-bond acceptors (Lipinski definition) is 11. The van der Waals surface area contributed by atoms with Gasteiger partial charge in [-0.2, -0.15) is 0 Å². The molecule has 8 rings (SSSR count). The smallest absolute Gasteiger partial charge is 0.324 e. The SMILES string of the molecule is CCn1c(C2=C([C@H](C)OC)N=CCC2)c2c3cc(ccc31)-c1cc(O)cc(c1)C[C@H](NC(=O)[C@H](C(C)C)N(C)C(=O)[C@@H]1CCCN(C(=O)[C@@H]3CN3)C1)C(=O)N1CCC[C@H](N1)C(=O)OCC(C)(C)C2. The number of allylic oxidation sites excluding steroid dienone is 1. The third kappa shape index (κ3) is 10.2. The number of likely N-dealkylation sites (N-methyl/N-ethyl adjacent to an activating group) is 1. The molecule has 3 saturated heterocycles. The Balaban J connectivity index is 1.18. The van der Waals surface area contributed by atoms with E-state index in [9.17, 15) is 29.1 Å². The van der Waals surface area contributed by atoms with Crippen molar-refractivity contribution < 1.29 is 38.6 Å². The average molecular weight is 935 g/mol. The van der Waals surface area contributed by atoms with Gasteiger partial charge in [0, 0.05) is 81.4 Å². The van der Waals surface area contributed by atoms with Gasteiger partial charge in [-0.25, -0.2) is 5.43 Å². The van der Waals surface area contributed by atoms with E-state index < -0.39 is 47.2 Å². The molecule has 16 heteroatoms. The summed E-state index contributed by atoms with van der Waals surface area (Å²) in [5.41, 5.74) is 10.1. The topological polar surface area (TPSA) is 197 Å². The molecule has 6 heterocycles. The first-order valence-corrected chi connectivity index (χ1v) is 24.6. The number of phenolic OH excluding ortho intramolecular Hbond substituents is 1. The first kappa shape index (κ1) is 48.9. The first-order chi connectivity index (χ1) is 32.5. The van der Waals surface area contributed by atoms with Crippen LogP contribution in [0.25, 0.3) is 27.6 Å². The Labute approximate surface area is 399 Å². The van der Waals surface area contributed by atoms with Crippen molar-refractivity contribution in [1.29, 1.82) is 0 Å². The van der Waals surface area contributed by atoms with Crippen molar-refractivity contribution in [3.63, 3.8) is 0 Å². The molecule has 0 saturated carbocycles. The zero-order chi connectivity index (χ0) is 48.6. The summed E-state index contributed by atoms with van der Waals surface area (Å²) in [5.74, 6) is -2.46. The number of likely N-dealkylation sites (tertiary alicyclic amines) is 1. The Bertz CT molecular complexity index is 2510. The van der Waals surface area contributed by atoms with E-state index in [4.69, 9.17) is 14.5 Å². The van der Waals surface area contributed by atoms with E-state index >= 15 is 0 Å². The number of cyclic esters (lactones) is 1. The summed E-state index contributed by atoms with van der Waals surface area (Å²) in [6.07, 6.45) is 6.14. The van der Waals surface area contributed by atoms with Crippen LogP contribution in [-0.2, 0) is 52.8 Å². The molecule has 0 aliphatic carbocycles. The number of aryl methyl sites for hydroxylation is 1. The Morgan fingerprint density at radius 3 is 2.54 bits per heavy atom. The van der Waals surface area contributed by atoms with Crippen molar-refractivity contribution in [2.45, 2.75) is 130 Å². The number of methoxy groups -OCH3 is 1. The molecule has 366 valence electrons. The predicted octanol–water partition coefficient (Wildman–Crippen LogP) is 4.99. The largest absolute Gasteiger partial charge is 0.508 e. The molecule has 6 atom stereocenters. The Morgan fingerprint density at radius 2 is 1.82 bits per heavy atom. The maximum absolute atomic E-state index is 14.8. The number of rotatable bonds is 10. The van der Waals surface area contributed by atoms with Crippen LogP contribution < -0.4 is 16.1 Å². The summed E-state index contributed by atoms with van der Waals surface area (Å²) in [5, 5.41) is 19.9. The molecule has 5 aliphatic heterocycles. The molecule has 4 N–H and O–H groups in total. The van der Waals surface area contributed by atoms with E-state index in [-0.39, 0.29) is 61.7 Å². The average Bonchev–Trinajstić information content (AvgIpc) is 4.14. The zero-order valence-corrected chi connectivity index (χ0v) is 41.0. The molecule has 0 radical (unpaired) electrons. The Kier molecular flexibility index (Phi) is 14.5. The van der Waals surface area contributed by atoms with E-state index in [1.54, 1.807) is 31.2 Å². The molecule has 3 aromatic rings. The van der Waals surface area contributed by atoms with E-state index in [1.165, 1.54) is 9.91 Å². The third-order valence-corrected chi connectivity index (χ3v) is 14.4. The fourth-order valence-electron chi connectivity index (χ4n) is 10.8. The number of aliphatic imine (C=N–C) groups is 1. The van der Waals surface area contributed by atoms with Gasteiger partial charge in [-0.3, -0.25) is 34.0 Å². The molecule has 68 heavy (non-hydrogen) atoms. The highest BCUT2D eigenvalue weighted by Crippen LogP contribution is 2.42. The quantitative estimate of drug-likeness (QED) is 0.159. The second-order valence-electron chi connectivity index (χ2n) is 20.5. The van der Waals surface area contributed by atoms with Crippen LogP contribution in [0.1, 0.15) is 96.9 Å². The van der Waals surface area contributed by atoms with Crippen LogP contribution in [0, 0.1) is 17.3 Å². The van der Waals surface area contributed by atoms with E-state index in [1.807, 2.05) is 39.1 Å². The summed E-state index contributed by atoms with van der Waals surface area (Å²) in [6, 6.07) is 8.49. The van der Waals surface area contributed by atoms with Crippen LogP contribution in [0.5, 0.6) is 5.75 Å². The zero-order valence-electron chi connectivity index (χ0n) is 41.0. The summed E-state index contributed by atoms with van der Waals surface area (Å²) >= 11 is 0. The number of hydrazine groups is 1. The van der Waals surface area contributed by atoms with E-state index in [2.05, 4.69) is 53.5 Å². The number of carbonyl (C=O) groups is 5. The number of nitrogens with zero attached hydrogens (tertiary/aromatic N) is 5. The number of nitrogens with one attached hydrogen (secondary N) is 3. The van der Waals surface area contributed by atoms with Crippen LogP contribution in [0.15, 0.2) is 47.1 Å². The lowest BCUT2D eigenvalue weighted by atomic mass is 9.83. The summed E-state index contributed by atoms with van der Waals surface area (Å²) < 4.78 is 14.3. The number of benzene rings is 2. The lowest BCUT2D eigenvalue weighted by Gasteiger charge is -2.38. The molecular formula is C52H70N8O8. The molecule has 5 aliphatic rings. The van der Waals surface area contributed by atoms with Gasteiger partial charge >= 0.3 is 5.97 Å². The summed E-state index contributed by atoms with van der Waals surface area (Å²) in [6.45, 7) is 14.7. The number of esters is 1. The van der Waals surface area contributed by atoms with Gasteiger partial charge in [-0.1, -0.05) is 39.8 Å². The van der Waals surface area contributed by atoms with Crippen LogP contribution in [0.4, 0.5) is 0 Å². The fourth-order valence-corrected chi connectivity index (χ4v) is 10.8.